The Morgan fingerprint density at radius 2 is 2.33 bits per heavy atom. The summed E-state index contributed by atoms with van der Waals surface area (Å²) < 4.78 is 0. The Labute approximate surface area is 98.0 Å². The highest BCUT2D eigenvalue weighted by atomic mass is 32.2. The molecule has 1 heterocycles. The molecule has 1 aliphatic heterocycles. The molecule has 0 aromatic carbocycles. The van der Waals surface area contributed by atoms with Crippen molar-refractivity contribution >= 4 is 11.8 Å². The lowest BCUT2D eigenvalue weighted by molar-refractivity contribution is 0.356. The first-order chi connectivity index (χ1) is 7.38. The number of nitrogens with two attached hydrogens (primary N) is 1. The van der Waals surface area contributed by atoms with Crippen LogP contribution in [0.5, 0.6) is 0 Å². The van der Waals surface area contributed by atoms with Crippen LogP contribution in [-0.4, -0.2) is 17.5 Å². The summed E-state index contributed by atoms with van der Waals surface area (Å²) >= 11 is 2.06. The number of unbranched alkanes of at least 4 members (excludes halogenated alkanes) is 3. The van der Waals surface area contributed by atoms with Gasteiger partial charge in [0.05, 0.1) is 0 Å². The van der Waals surface area contributed by atoms with Crippen molar-refractivity contribution in [1.29, 1.82) is 0 Å². The Bertz CT molecular complexity index is 167. The third-order valence-electron chi connectivity index (χ3n) is 3.17. The minimum atomic E-state index is 0.545. The largest absolute Gasteiger partial charge is 0.271 e. The Kier molecular flexibility index (Phi) is 7.14. The van der Waals surface area contributed by atoms with Gasteiger partial charge in [0.1, 0.15) is 0 Å². The van der Waals surface area contributed by atoms with Crippen LogP contribution >= 0.6 is 11.8 Å². The van der Waals surface area contributed by atoms with Gasteiger partial charge in [0.25, 0.3) is 0 Å². The number of nitrogens with one attached hydrogen (secondary N) is 1. The lowest BCUT2D eigenvalue weighted by Gasteiger charge is -2.21. The molecule has 3 N–H and O–H groups in total. The number of rotatable bonds is 8. The molecular formula is C12H24N2S. The predicted molar refractivity (Wildman–Crippen MR) is 69.8 cm³/mol. The van der Waals surface area contributed by atoms with Crippen LogP contribution in [-0.2, 0) is 0 Å². The summed E-state index contributed by atoms with van der Waals surface area (Å²) in [6.45, 7) is 3.74. The molecule has 0 spiro atoms. The molecule has 1 rings (SSSR count). The first kappa shape index (κ1) is 13.1. The monoisotopic (exact) mass is 228 g/mol. The summed E-state index contributed by atoms with van der Waals surface area (Å²) in [5.41, 5.74) is 3.00. The molecule has 15 heavy (non-hydrogen) atoms. The number of thioether (sulfide) groups is 1. The number of hydrogen-bond acceptors (Lipinski definition) is 3. The Hall–Kier alpha value is 0.0100. The summed E-state index contributed by atoms with van der Waals surface area (Å²) in [7, 11) is 0. The number of hydrazine groups is 1. The summed E-state index contributed by atoms with van der Waals surface area (Å²) in [5.74, 6) is 9.04. The molecule has 0 aromatic heterocycles. The second-order valence-electron chi connectivity index (χ2n) is 4.32. The maximum Gasteiger partial charge on any atom is 0.0246 e. The SMILES string of the molecule is C=CCCCCCC(NN)C1CCSC1. The molecule has 1 saturated heterocycles. The fourth-order valence-electron chi connectivity index (χ4n) is 2.15. The van der Waals surface area contributed by atoms with Gasteiger partial charge in [-0.15, -0.1) is 6.58 Å². The van der Waals surface area contributed by atoms with E-state index in [1.807, 2.05) is 6.08 Å². The molecule has 2 unspecified atom stereocenters. The average Bonchev–Trinajstić information content (AvgIpc) is 2.77. The molecule has 0 aromatic rings. The molecular weight excluding hydrogens is 204 g/mol. The molecule has 0 aliphatic carbocycles. The summed E-state index contributed by atoms with van der Waals surface area (Å²) in [6, 6.07) is 0.545. The van der Waals surface area contributed by atoms with Crippen LogP contribution in [0, 0.1) is 5.92 Å². The molecule has 2 atom stereocenters. The van der Waals surface area contributed by atoms with E-state index in [1.54, 1.807) is 0 Å². The lowest BCUT2D eigenvalue weighted by Crippen LogP contribution is -2.40. The van der Waals surface area contributed by atoms with Crippen LogP contribution in [0.25, 0.3) is 0 Å². The topological polar surface area (TPSA) is 38.0 Å². The van der Waals surface area contributed by atoms with Gasteiger partial charge in [-0.2, -0.15) is 11.8 Å². The molecule has 0 radical (unpaired) electrons. The van der Waals surface area contributed by atoms with Crippen molar-refractivity contribution in [3.8, 4) is 0 Å². The average molecular weight is 228 g/mol. The van der Waals surface area contributed by atoms with Crippen molar-refractivity contribution < 1.29 is 0 Å². The standard InChI is InChI=1S/C12H24N2S/c1-2-3-4-5-6-7-12(14-13)11-8-9-15-10-11/h2,11-12,14H,1,3-10,13H2. The zero-order valence-corrected chi connectivity index (χ0v) is 10.4. The van der Waals surface area contributed by atoms with Crippen molar-refractivity contribution in [1.82, 2.24) is 5.43 Å². The van der Waals surface area contributed by atoms with E-state index >= 15 is 0 Å². The zero-order valence-electron chi connectivity index (χ0n) is 9.58. The van der Waals surface area contributed by atoms with E-state index in [2.05, 4.69) is 23.8 Å². The van der Waals surface area contributed by atoms with Gasteiger partial charge in [-0.3, -0.25) is 11.3 Å². The van der Waals surface area contributed by atoms with E-state index in [0.29, 0.717) is 6.04 Å². The van der Waals surface area contributed by atoms with Gasteiger partial charge in [0.2, 0.25) is 0 Å². The normalized spacial score (nSPS) is 22.9. The molecule has 88 valence electrons. The fourth-order valence-corrected chi connectivity index (χ4v) is 3.49. The second-order valence-corrected chi connectivity index (χ2v) is 5.47. The maximum absolute atomic E-state index is 5.62. The maximum atomic E-state index is 5.62. The predicted octanol–water partition coefficient (Wildman–Crippen LogP) is 2.71. The molecule has 1 fully saturated rings. The van der Waals surface area contributed by atoms with E-state index < -0.39 is 0 Å². The van der Waals surface area contributed by atoms with Gasteiger partial charge < -0.3 is 0 Å². The van der Waals surface area contributed by atoms with Crippen LogP contribution in [0.1, 0.15) is 38.5 Å². The third kappa shape index (κ3) is 5.05. The van der Waals surface area contributed by atoms with Crippen molar-refractivity contribution in [2.75, 3.05) is 11.5 Å². The summed E-state index contributed by atoms with van der Waals surface area (Å²) in [4.78, 5) is 0. The Balaban J connectivity index is 2.07. The summed E-state index contributed by atoms with van der Waals surface area (Å²) in [5, 5.41) is 0. The minimum Gasteiger partial charge on any atom is -0.271 e. The van der Waals surface area contributed by atoms with Crippen molar-refractivity contribution in [2.45, 2.75) is 44.6 Å². The highest BCUT2D eigenvalue weighted by Crippen LogP contribution is 2.28. The zero-order chi connectivity index (χ0) is 10.9. The van der Waals surface area contributed by atoms with Crippen LogP contribution in [0.2, 0.25) is 0 Å². The van der Waals surface area contributed by atoms with E-state index in [4.69, 9.17) is 5.84 Å². The van der Waals surface area contributed by atoms with Gasteiger partial charge in [0, 0.05) is 6.04 Å². The highest BCUT2D eigenvalue weighted by molar-refractivity contribution is 7.99. The molecule has 0 saturated carbocycles. The lowest BCUT2D eigenvalue weighted by atomic mass is 9.94. The van der Waals surface area contributed by atoms with E-state index in [9.17, 15) is 0 Å². The van der Waals surface area contributed by atoms with Crippen LogP contribution < -0.4 is 11.3 Å². The van der Waals surface area contributed by atoms with Crippen LogP contribution in [0.15, 0.2) is 12.7 Å². The van der Waals surface area contributed by atoms with Gasteiger partial charge in [-0.1, -0.05) is 18.9 Å². The molecule has 0 bridgehead atoms. The van der Waals surface area contributed by atoms with Gasteiger partial charge in [-0.05, 0) is 43.1 Å². The second kappa shape index (κ2) is 8.20. The van der Waals surface area contributed by atoms with E-state index in [0.717, 1.165) is 12.3 Å². The fraction of sp³-hybridized carbons (Fsp3) is 0.833. The van der Waals surface area contributed by atoms with Gasteiger partial charge in [0.15, 0.2) is 0 Å². The van der Waals surface area contributed by atoms with Crippen LogP contribution in [0.3, 0.4) is 0 Å². The molecule has 1 aliphatic rings. The molecule has 0 amide bonds. The Morgan fingerprint density at radius 1 is 1.47 bits per heavy atom. The summed E-state index contributed by atoms with van der Waals surface area (Å²) in [6.07, 6.45) is 9.62. The first-order valence-corrected chi connectivity index (χ1v) is 7.18. The van der Waals surface area contributed by atoms with Crippen molar-refractivity contribution in [3.63, 3.8) is 0 Å². The van der Waals surface area contributed by atoms with Crippen molar-refractivity contribution in [2.24, 2.45) is 11.8 Å². The van der Waals surface area contributed by atoms with E-state index in [1.165, 1.54) is 43.6 Å². The van der Waals surface area contributed by atoms with Crippen molar-refractivity contribution in [3.05, 3.63) is 12.7 Å². The highest BCUT2D eigenvalue weighted by Gasteiger charge is 2.23. The molecule has 3 heteroatoms. The first-order valence-electron chi connectivity index (χ1n) is 6.03. The van der Waals surface area contributed by atoms with Gasteiger partial charge >= 0.3 is 0 Å². The quantitative estimate of drug-likeness (QED) is 0.290. The Morgan fingerprint density at radius 3 is 2.93 bits per heavy atom. The third-order valence-corrected chi connectivity index (χ3v) is 4.36. The van der Waals surface area contributed by atoms with Gasteiger partial charge in [-0.25, -0.2) is 0 Å². The van der Waals surface area contributed by atoms with Crippen LogP contribution in [0.4, 0.5) is 0 Å². The number of hydrogen-bond donors (Lipinski definition) is 2. The smallest absolute Gasteiger partial charge is 0.0246 e. The molecule has 2 nitrogen and oxygen atoms in total. The minimum absolute atomic E-state index is 0.545. The number of allylic oxidation sites excluding steroid dienone is 1. The van der Waals surface area contributed by atoms with E-state index in [-0.39, 0.29) is 0 Å².